The maximum Gasteiger partial charge on any atom is 0.227 e. The molecule has 3 unspecified atom stereocenters. The Morgan fingerprint density at radius 2 is 2.29 bits per heavy atom. The highest BCUT2D eigenvalue weighted by Crippen LogP contribution is 2.33. The zero-order valence-corrected chi connectivity index (χ0v) is 12.9. The molecule has 0 spiro atoms. The second-order valence-corrected chi connectivity index (χ2v) is 5.56. The lowest BCUT2D eigenvalue weighted by molar-refractivity contribution is -0.140. The first-order valence-corrected chi connectivity index (χ1v) is 7.56. The van der Waals surface area contributed by atoms with E-state index in [4.69, 9.17) is 10.00 Å². The highest BCUT2D eigenvalue weighted by atomic mass is 16.5. The van der Waals surface area contributed by atoms with Crippen LogP contribution in [0.3, 0.4) is 0 Å². The third-order valence-electron chi connectivity index (χ3n) is 4.08. The lowest BCUT2D eigenvalue weighted by Gasteiger charge is -2.26. The minimum absolute atomic E-state index is 0.00847. The van der Waals surface area contributed by atoms with Crippen molar-refractivity contribution in [3.05, 3.63) is 35.4 Å². The highest BCUT2D eigenvalue weighted by molar-refractivity contribution is 5.79. The van der Waals surface area contributed by atoms with Crippen LogP contribution in [0, 0.1) is 17.2 Å². The number of carbonyl (C=O) groups is 1. The van der Waals surface area contributed by atoms with Gasteiger partial charge in [-0.2, -0.15) is 5.26 Å². The van der Waals surface area contributed by atoms with Gasteiger partial charge in [-0.15, -0.1) is 0 Å². The number of nitriles is 1. The Labute approximate surface area is 126 Å². The van der Waals surface area contributed by atoms with Crippen LogP contribution in [0.4, 0.5) is 0 Å². The first-order chi connectivity index (χ1) is 10.1. The third-order valence-corrected chi connectivity index (χ3v) is 4.08. The van der Waals surface area contributed by atoms with Crippen LogP contribution in [0.5, 0.6) is 0 Å². The van der Waals surface area contributed by atoms with Gasteiger partial charge in [0.2, 0.25) is 5.91 Å². The van der Waals surface area contributed by atoms with Gasteiger partial charge in [-0.3, -0.25) is 4.79 Å². The number of ether oxygens (including phenoxy) is 1. The molecule has 1 saturated heterocycles. The van der Waals surface area contributed by atoms with E-state index >= 15 is 0 Å². The average molecular weight is 286 g/mol. The molecule has 0 saturated carbocycles. The van der Waals surface area contributed by atoms with Crippen molar-refractivity contribution in [1.82, 2.24) is 4.90 Å². The molecule has 21 heavy (non-hydrogen) atoms. The van der Waals surface area contributed by atoms with Gasteiger partial charge in [-0.25, -0.2) is 0 Å². The molecular formula is C17H22N2O2. The van der Waals surface area contributed by atoms with Gasteiger partial charge in [0.05, 0.1) is 17.7 Å². The summed E-state index contributed by atoms with van der Waals surface area (Å²) in [5.41, 5.74) is 1.47. The van der Waals surface area contributed by atoms with E-state index in [2.05, 4.69) is 13.0 Å². The minimum Gasteiger partial charge on any atom is -0.349 e. The third kappa shape index (κ3) is 3.25. The molecule has 1 aromatic carbocycles. The molecule has 1 amide bonds. The molecule has 112 valence electrons. The number of benzene rings is 1. The molecule has 1 heterocycles. The lowest BCUT2D eigenvalue weighted by Crippen LogP contribution is -2.35. The molecule has 0 N–H and O–H groups in total. The SMILES string of the molecule is CCC1CN(C(=O)C(C)CC)C(c2cccc(C#N)c2)O1. The zero-order valence-electron chi connectivity index (χ0n) is 12.9. The summed E-state index contributed by atoms with van der Waals surface area (Å²) in [4.78, 5) is 14.4. The monoisotopic (exact) mass is 286 g/mol. The van der Waals surface area contributed by atoms with Gasteiger partial charge in [-0.05, 0) is 25.0 Å². The van der Waals surface area contributed by atoms with Crippen LogP contribution in [-0.2, 0) is 9.53 Å². The Kier molecular flexibility index (Phi) is 4.98. The molecule has 3 atom stereocenters. The van der Waals surface area contributed by atoms with E-state index in [0.717, 1.165) is 18.4 Å². The molecule has 0 radical (unpaired) electrons. The van der Waals surface area contributed by atoms with Gasteiger partial charge < -0.3 is 9.64 Å². The number of nitrogens with zero attached hydrogens (tertiary/aromatic N) is 2. The van der Waals surface area contributed by atoms with E-state index in [1.807, 2.05) is 30.9 Å². The second kappa shape index (κ2) is 6.73. The molecule has 2 rings (SSSR count). The molecule has 1 aliphatic rings. The summed E-state index contributed by atoms with van der Waals surface area (Å²) in [6.45, 7) is 6.65. The number of carbonyl (C=O) groups excluding carboxylic acids is 1. The summed E-state index contributed by atoms with van der Waals surface area (Å²) in [5, 5.41) is 9.03. The van der Waals surface area contributed by atoms with Crippen molar-refractivity contribution in [2.24, 2.45) is 5.92 Å². The van der Waals surface area contributed by atoms with Crippen LogP contribution in [0.1, 0.15) is 51.0 Å². The first-order valence-electron chi connectivity index (χ1n) is 7.56. The highest BCUT2D eigenvalue weighted by Gasteiger charge is 2.37. The smallest absolute Gasteiger partial charge is 0.227 e. The summed E-state index contributed by atoms with van der Waals surface area (Å²) in [6.07, 6.45) is 1.38. The molecule has 0 aromatic heterocycles. The van der Waals surface area contributed by atoms with E-state index in [1.54, 1.807) is 12.1 Å². The number of rotatable bonds is 4. The largest absolute Gasteiger partial charge is 0.349 e. The summed E-state index contributed by atoms with van der Waals surface area (Å²) in [5.74, 6) is 0.117. The van der Waals surface area contributed by atoms with Gasteiger partial charge in [0.25, 0.3) is 0 Å². The predicted octanol–water partition coefficient (Wildman–Crippen LogP) is 3.24. The molecule has 0 aliphatic carbocycles. The molecule has 1 aromatic rings. The van der Waals surface area contributed by atoms with Crippen molar-refractivity contribution in [2.45, 2.75) is 45.9 Å². The summed E-state index contributed by atoms with van der Waals surface area (Å²) < 4.78 is 6.02. The van der Waals surface area contributed by atoms with Crippen LogP contribution in [-0.4, -0.2) is 23.5 Å². The molecule has 4 nitrogen and oxygen atoms in total. The van der Waals surface area contributed by atoms with Crippen LogP contribution < -0.4 is 0 Å². The van der Waals surface area contributed by atoms with Crippen molar-refractivity contribution in [3.63, 3.8) is 0 Å². The molecular weight excluding hydrogens is 264 g/mol. The standard InChI is InChI=1S/C17H22N2O2/c1-4-12(3)16(20)19-11-15(5-2)21-17(19)14-8-6-7-13(9-14)10-18/h6-9,12,15,17H,4-5,11H2,1-3H3. The van der Waals surface area contributed by atoms with Gasteiger partial charge in [0.1, 0.15) is 0 Å². The van der Waals surface area contributed by atoms with Gasteiger partial charge in [0.15, 0.2) is 6.23 Å². The van der Waals surface area contributed by atoms with E-state index in [-0.39, 0.29) is 24.2 Å². The fourth-order valence-electron chi connectivity index (χ4n) is 2.52. The fourth-order valence-corrected chi connectivity index (χ4v) is 2.52. The lowest BCUT2D eigenvalue weighted by atomic mass is 10.1. The van der Waals surface area contributed by atoms with Crippen molar-refractivity contribution in [3.8, 4) is 6.07 Å². The zero-order chi connectivity index (χ0) is 15.4. The second-order valence-electron chi connectivity index (χ2n) is 5.56. The molecule has 0 bridgehead atoms. The maximum absolute atomic E-state index is 12.6. The molecule has 1 fully saturated rings. The van der Waals surface area contributed by atoms with Gasteiger partial charge in [0, 0.05) is 18.0 Å². The van der Waals surface area contributed by atoms with Gasteiger partial charge >= 0.3 is 0 Å². The van der Waals surface area contributed by atoms with Crippen molar-refractivity contribution in [1.29, 1.82) is 5.26 Å². The Morgan fingerprint density at radius 1 is 1.52 bits per heavy atom. The predicted molar refractivity (Wildman–Crippen MR) is 80.2 cm³/mol. The van der Waals surface area contributed by atoms with Crippen LogP contribution in [0.2, 0.25) is 0 Å². The summed E-state index contributed by atoms with van der Waals surface area (Å²) in [7, 11) is 0. The van der Waals surface area contributed by atoms with E-state index in [1.165, 1.54) is 0 Å². The quantitative estimate of drug-likeness (QED) is 0.853. The van der Waals surface area contributed by atoms with Crippen LogP contribution >= 0.6 is 0 Å². The average Bonchev–Trinajstić information content (AvgIpc) is 2.97. The van der Waals surface area contributed by atoms with Crippen molar-refractivity contribution in [2.75, 3.05) is 6.54 Å². The Bertz CT molecular complexity index is 550. The topological polar surface area (TPSA) is 53.3 Å². The normalized spacial score (nSPS) is 22.9. The Hall–Kier alpha value is -1.86. The van der Waals surface area contributed by atoms with E-state index < -0.39 is 0 Å². The number of hydrogen-bond acceptors (Lipinski definition) is 3. The van der Waals surface area contributed by atoms with Crippen molar-refractivity contribution >= 4 is 5.91 Å². The first kappa shape index (κ1) is 15.5. The van der Waals surface area contributed by atoms with Crippen molar-refractivity contribution < 1.29 is 9.53 Å². The Morgan fingerprint density at radius 3 is 2.90 bits per heavy atom. The van der Waals surface area contributed by atoms with Crippen LogP contribution in [0.25, 0.3) is 0 Å². The van der Waals surface area contributed by atoms with E-state index in [0.29, 0.717) is 12.1 Å². The summed E-state index contributed by atoms with van der Waals surface area (Å²) in [6, 6.07) is 9.45. The fraction of sp³-hybridized carbons (Fsp3) is 0.529. The molecule has 1 aliphatic heterocycles. The summed E-state index contributed by atoms with van der Waals surface area (Å²) >= 11 is 0. The minimum atomic E-state index is -0.371. The number of amides is 1. The Balaban J connectivity index is 2.29. The molecule has 4 heteroatoms. The van der Waals surface area contributed by atoms with E-state index in [9.17, 15) is 4.79 Å². The maximum atomic E-state index is 12.6. The van der Waals surface area contributed by atoms with Gasteiger partial charge in [-0.1, -0.05) is 32.9 Å². The van der Waals surface area contributed by atoms with Crippen LogP contribution in [0.15, 0.2) is 24.3 Å². The number of hydrogen-bond donors (Lipinski definition) is 0.